The van der Waals surface area contributed by atoms with Gasteiger partial charge in [0.25, 0.3) is 0 Å². The topological polar surface area (TPSA) is 38.9 Å². The number of nitrogens with two attached hydrogens (primary N) is 1. The van der Waals surface area contributed by atoms with E-state index in [4.69, 9.17) is 5.73 Å². The molecule has 1 aromatic heterocycles. The second-order valence-corrected chi connectivity index (χ2v) is 4.41. The van der Waals surface area contributed by atoms with Crippen molar-refractivity contribution in [1.82, 2.24) is 4.98 Å². The van der Waals surface area contributed by atoms with Gasteiger partial charge in [-0.25, -0.2) is 4.98 Å². The Kier molecular flexibility index (Phi) is 2.71. The van der Waals surface area contributed by atoms with Gasteiger partial charge in [0.1, 0.15) is 5.82 Å². The molecule has 0 saturated heterocycles. The number of anilines is 1. The minimum absolute atomic E-state index is 0.725. The SMILES string of the molecule is Cc1cnc(N)c(CC2CCCC2)c1. The number of hydrogen-bond donors (Lipinski definition) is 1. The first-order valence-electron chi connectivity index (χ1n) is 5.46. The molecule has 0 spiro atoms. The molecule has 1 heterocycles. The van der Waals surface area contributed by atoms with E-state index >= 15 is 0 Å². The zero-order chi connectivity index (χ0) is 9.97. The summed E-state index contributed by atoms with van der Waals surface area (Å²) < 4.78 is 0. The molecule has 1 saturated carbocycles. The van der Waals surface area contributed by atoms with Crippen molar-refractivity contribution in [3.8, 4) is 0 Å². The van der Waals surface area contributed by atoms with Gasteiger partial charge in [-0.3, -0.25) is 0 Å². The minimum Gasteiger partial charge on any atom is -0.383 e. The summed E-state index contributed by atoms with van der Waals surface area (Å²) in [5.74, 6) is 1.57. The van der Waals surface area contributed by atoms with Crippen LogP contribution >= 0.6 is 0 Å². The number of rotatable bonds is 2. The molecular formula is C12H18N2. The van der Waals surface area contributed by atoms with Crippen LogP contribution < -0.4 is 5.73 Å². The smallest absolute Gasteiger partial charge is 0.126 e. The average molecular weight is 190 g/mol. The van der Waals surface area contributed by atoms with Crippen LogP contribution in [-0.4, -0.2) is 4.98 Å². The van der Waals surface area contributed by atoms with Crippen LogP contribution in [0, 0.1) is 12.8 Å². The lowest BCUT2D eigenvalue weighted by atomic mass is 9.98. The van der Waals surface area contributed by atoms with E-state index in [1.807, 2.05) is 6.20 Å². The van der Waals surface area contributed by atoms with E-state index in [-0.39, 0.29) is 0 Å². The summed E-state index contributed by atoms with van der Waals surface area (Å²) in [6.45, 7) is 2.07. The maximum absolute atomic E-state index is 5.86. The fourth-order valence-corrected chi connectivity index (χ4v) is 2.33. The molecule has 1 fully saturated rings. The highest BCUT2D eigenvalue weighted by atomic mass is 14.8. The lowest BCUT2D eigenvalue weighted by molar-refractivity contribution is 0.546. The Hall–Kier alpha value is -1.05. The fourth-order valence-electron chi connectivity index (χ4n) is 2.33. The highest BCUT2D eigenvalue weighted by molar-refractivity contribution is 5.40. The molecule has 1 aliphatic carbocycles. The summed E-state index contributed by atoms with van der Waals surface area (Å²) in [6.07, 6.45) is 8.49. The maximum Gasteiger partial charge on any atom is 0.126 e. The van der Waals surface area contributed by atoms with E-state index in [1.165, 1.54) is 36.8 Å². The van der Waals surface area contributed by atoms with Crippen LogP contribution in [-0.2, 0) is 6.42 Å². The lowest BCUT2D eigenvalue weighted by Crippen LogP contribution is -2.04. The molecule has 0 aromatic carbocycles. The van der Waals surface area contributed by atoms with E-state index in [2.05, 4.69) is 18.0 Å². The van der Waals surface area contributed by atoms with Crippen molar-refractivity contribution in [2.75, 3.05) is 5.73 Å². The molecule has 76 valence electrons. The predicted octanol–water partition coefficient (Wildman–Crippen LogP) is 2.70. The quantitative estimate of drug-likeness (QED) is 0.778. The van der Waals surface area contributed by atoms with Gasteiger partial charge in [-0.2, -0.15) is 0 Å². The van der Waals surface area contributed by atoms with Gasteiger partial charge in [0.2, 0.25) is 0 Å². The van der Waals surface area contributed by atoms with Crippen molar-refractivity contribution in [2.45, 2.75) is 39.0 Å². The number of nitrogen functional groups attached to an aromatic ring is 1. The molecule has 0 unspecified atom stereocenters. The highest BCUT2D eigenvalue weighted by Gasteiger charge is 2.16. The normalized spacial score (nSPS) is 17.5. The van der Waals surface area contributed by atoms with Crippen LogP contribution in [0.2, 0.25) is 0 Å². The number of aryl methyl sites for hydroxylation is 1. The molecule has 2 heteroatoms. The second-order valence-electron chi connectivity index (χ2n) is 4.41. The lowest BCUT2D eigenvalue weighted by Gasteiger charge is -2.10. The summed E-state index contributed by atoms with van der Waals surface area (Å²) in [5.41, 5.74) is 8.32. The second kappa shape index (κ2) is 3.99. The Balaban J connectivity index is 2.10. The van der Waals surface area contributed by atoms with E-state index < -0.39 is 0 Å². The molecule has 2 N–H and O–H groups in total. The van der Waals surface area contributed by atoms with Crippen molar-refractivity contribution >= 4 is 5.82 Å². The maximum atomic E-state index is 5.86. The highest BCUT2D eigenvalue weighted by Crippen LogP contribution is 2.29. The van der Waals surface area contributed by atoms with Gasteiger partial charge in [0, 0.05) is 6.20 Å². The van der Waals surface area contributed by atoms with Crippen LogP contribution in [0.3, 0.4) is 0 Å². The summed E-state index contributed by atoms with van der Waals surface area (Å²) >= 11 is 0. The Labute approximate surface area is 85.5 Å². The van der Waals surface area contributed by atoms with E-state index in [0.717, 1.165) is 18.2 Å². The molecule has 0 bridgehead atoms. The third-order valence-electron chi connectivity index (χ3n) is 3.12. The molecule has 2 rings (SSSR count). The number of aromatic nitrogens is 1. The first-order chi connectivity index (χ1) is 6.75. The van der Waals surface area contributed by atoms with E-state index in [1.54, 1.807) is 0 Å². The van der Waals surface area contributed by atoms with Crippen molar-refractivity contribution in [1.29, 1.82) is 0 Å². The zero-order valence-electron chi connectivity index (χ0n) is 8.79. The van der Waals surface area contributed by atoms with Crippen LogP contribution in [0.4, 0.5) is 5.82 Å². The molecule has 14 heavy (non-hydrogen) atoms. The van der Waals surface area contributed by atoms with Crippen LogP contribution in [0.15, 0.2) is 12.3 Å². The Bertz CT molecular complexity index is 314. The third kappa shape index (κ3) is 2.06. The summed E-state index contributed by atoms with van der Waals surface area (Å²) in [5, 5.41) is 0. The van der Waals surface area contributed by atoms with E-state index in [0.29, 0.717) is 0 Å². The Morgan fingerprint density at radius 2 is 2.14 bits per heavy atom. The third-order valence-corrected chi connectivity index (χ3v) is 3.12. The van der Waals surface area contributed by atoms with Crippen molar-refractivity contribution < 1.29 is 0 Å². The van der Waals surface area contributed by atoms with Crippen LogP contribution in [0.25, 0.3) is 0 Å². The van der Waals surface area contributed by atoms with Gasteiger partial charge in [0.15, 0.2) is 0 Å². The zero-order valence-corrected chi connectivity index (χ0v) is 8.79. The Morgan fingerprint density at radius 3 is 2.86 bits per heavy atom. The summed E-state index contributed by atoms with van der Waals surface area (Å²) in [6, 6.07) is 2.18. The van der Waals surface area contributed by atoms with E-state index in [9.17, 15) is 0 Å². The average Bonchev–Trinajstić information content (AvgIpc) is 2.64. The first kappa shape index (κ1) is 9.50. The van der Waals surface area contributed by atoms with Gasteiger partial charge in [-0.1, -0.05) is 31.7 Å². The van der Waals surface area contributed by atoms with Gasteiger partial charge in [-0.15, -0.1) is 0 Å². The molecular weight excluding hydrogens is 172 g/mol. The monoisotopic (exact) mass is 190 g/mol. The van der Waals surface area contributed by atoms with Gasteiger partial charge >= 0.3 is 0 Å². The molecule has 0 amide bonds. The molecule has 1 aliphatic rings. The van der Waals surface area contributed by atoms with Crippen LogP contribution in [0.1, 0.15) is 36.8 Å². The van der Waals surface area contributed by atoms with Gasteiger partial charge in [0.05, 0.1) is 0 Å². The number of nitrogens with zero attached hydrogens (tertiary/aromatic N) is 1. The minimum atomic E-state index is 0.725. The molecule has 0 atom stereocenters. The first-order valence-corrected chi connectivity index (χ1v) is 5.46. The standard InChI is InChI=1S/C12H18N2/c1-9-6-11(12(13)14-8-9)7-10-4-2-3-5-10/h6,8,10H,2-5,7H2,1H3,(H2,13,14). The summed E-state index contributed by atoms with van der Waals surface area (Å²) in [4.78, 5) is 4.20. The molecule has 1 aromatic rings. The van der Waals surface area contributed by atoms with Crippen LogP contribution in [0.5, 0.6) is 0 Å². The van der Waals surface area contributed by atoms with Crippen molar-refractivity contribution in [3.63, 3.8) is 0 Å². The molecule has 2 nitrogen and oxygen atoms in total. The predicted molar refractivity (Wildman–Crippen MR) is 59.0 cm³/mol. The van der Waals surface area contributed by atoms with Gasteiger partial charge < -0.3 is 5.73 Å². The van der Waals surface area contributed by atoms with Crippen molar-refractivity contribution in [2.24, 2.45) is 5.92 Å². The number of pyridine rings is 1. The number of hydrogen-bond acceptors (Lipinski definition) is 2. The fraction of sp³-hybridized carbons (Fsp3) is 0.583. The molecule has 0 radical (unpaired) electrons. The summed E-state index contributed by atoms with van der Waals surface area (Å²) in [7, 11) is 0. The molecule has 0 aliphatic heterocycles. The van der Waals surface area contributed by atoms with Crippen molar-refractivity contribution in [3.05, 3.63) is 23.4 Å². The van der Waals surface area contributed by atoms with Gasteiger partial charge in [-0.05, 0) is 30.4 Å². The Morgan fingerprint density at radius 1 is 1.43 bits per heavy atom. The largest absolute Gasteiger partial charge is 0.383 e.